The van der Waals surface area contributed by atoms with E-state index in [-0.39, 0.29) is 23.2 Å². The zero-order chi connectivity index (χ0) is 23.7. The number of ether oxygens (including phenoxy) is 1. The highest BCUT2D eigenvalue weighted by Crippen LogP contribution is 2.35. The highest BCUT2D eigenvalue weighted by molar-refractivity contribution is 6.46. The highest BCUT2D eigenvalue weighted by atomic mass is 19.1. The molecule has 1 heterocycles. The van der Waals surface area contributed by atoms with Crippen molar-refractivity contribution in [2.24, 2.45) is 0 Å². The highest BCUT2D eigenvalue weighted by Gasteiger charge is 2.40. The third-order valence-corrected chi connectivity index (χ3v) is 5.46. The van der Waals surface area contributed by atoms with Crippen molar-refractivity contribution in [1.29, 1.82) is 0 Å². The number of amides is 2. The SMILES string of the molecule is Cc1ccc(C2=C(Nc3ccc(F)cc3)C(=O)N(c3ccc(OC(C)C)cc3)C2=O)cc1C. The largest absolute Gasteiger partial charge is 0.491 e. The van der Waals surface area contributed by atoms with Crippen LogP contribution in [0, 0.1) is 19.7 Å². The predicted octanol–water partition coefficient (Wildman–Crippen LogP) is 5.63. The fraction of sp³-hybridized carbons (Fsp3) is 0.185. The maximum absolute atomic E-state index is 13.5. The van der Waals surface area contributed by atoms with Crippen LogP contribution in [0.1, 0.15) is 30.5 Å². The first kappa shape index (κ1) is 22.3. The number of carbonyl (C=O) groups excluding carboxylic acids is 2. The van der Waals surface area contributed by atoms with Crippen LogP contribution in [0.25, 0.3) is 5.57 Å². The first-order valence-electron chi connectivity index (χ1n) is 10.7. The maximum Gasteiger partial charge on any atom is 0.282 e. The lowest BCUT2D eigenvalue weighted by Crippen LogP contribution is -2.32. The summed E-state index contributed by atoms with van der Waals surface area (Å²) in [7, 11) is 0. The van der Waals surface area contributed by atoms with Crippen LogP contribution in [0.4, 0.5) is 15.8 Å². The van der Waals surface area contributed by atoms with Crippen molar-refractivity contribution in [3.8, 4) is 5.75 Å². The molecule has 168 valence electrons. The molecule has 2 amide bonds. The van der Waals surface area contributed by atoms with Crippen LogP contribution >= 0.6 is 0 Å². The van der Waals surface area contributed by atoms with Gasteiger partial charge < -0.3 is 10.1 Å². The molecule has 1 N–H and O–H groups in total. The van der Waals surface area contributed by atoms with Crippen molar-refractivity contribution in [3.05, 3.63) is 94.9 Å². The van der Waals surface area contributed by atoms with Crippen LogP contribution < -0.4 is 15.0 Å². The molecular formula is C27H25FN2O3. The Labute approximate surface area is 192 Å². The number of benzene rings is 3. The van der Waals surface area contributed by atoms with Gasteiger partial charge in [0.2, 0.25) is 0 Å². The minimum absolute atomic E-state index is 0.00968. The number of aryl methyl sites for hydroxylation is 2. The minimum Gasteiger partial charge on any atom is -0.491 e. The molecule has 1 aliphatic rings. The van der Waals surface area contributed by atoms with E-state index in [9.17, 15) is 14.0 Å². The van der Waals surface area contributed by atoms with Crippen molar-refractivity contribution in [2.75, 3.05) is 10.2 Å². The Morgan fingerprint density at radius 2 is 1.52 bits per heavy atom. The van der Waals surface area contributed by atoms with Gasteiger partial charge in [0.05, 0.1) is 17.4 Å². The van der Waals surface area contributed by atoms with E-state index in [0.717, 1.165) is 16.0 Å². The Morgan fingerprint density at radius 1 is 0.848 bits per heavy atom. The van der Waals surface area contributed by atoms with Gasteiger partial charge in [0.1, 0.15) is 17.3 Å². The first-order chi connectivity index (χ1) is 15.7. The van der Waals surface area contributed by atoms with Crippen LogP contribution in [0.3, 0.4) is 0 Å². The molecule has 33 heavy (non-hydrogen) atoms. The number of nitrogens with one attached hydrogen (secondary N) is 1. The van der Waals surface area contributed by atoms with Gasteiger partial charge in [-0.05, 0) is 92.9 Å². The summed E-state index contributed by atoms with van der Waals surface area (Å²) in [5.41, 5.74) is 4.11. The molecular weight excluding hydrogens is 419 g/mol. The van der Waals surface area contributed by atoms with Gasteiger partial charge in [-0.1, -0.05) is 18.2 Å². The van der Waals surface area contributed by atoms with Crippen LogP contribution in [0.2, 0.25) is 0 Å². The quantitative estimate of drug-likeness (QED) is 0.501. The summed E-state index contributed by atoms with van der Waals surface area (Å²) in [4.78, 5) is 28.2. The normalized spacial score (nSPS) is 13.8. The summed E-state index contributed by atoms with van der Waals surface area (Å²) in [5, 5.41) is 3.04. The summed E-state index contributed by atoms with van der Waals surface area (Å²) < 4.78 is 19.0. The van der Waals surface area contributed by atoms with E-state index in [1.807, 2.05) is 45.9 Å². The molecule has 0 saturated heterocycles. The minimum atomic E-state index is -0.477. The molecule has 0 radical (unpaired) electrons. The van der Waals surface area contributed by atoms with Crippen molar-refractivity contribution in [3.63, 3.8) is 0 Å². The molecule has 0 saturated carbocycles. The fourth-order valence-electron chi connectivity index (χ4n) is 3.67. The Hall–Kier alpha value is -3.93. The number of carbonyl (C=O) groups is 2. The molecule has 0 spiro atoms. The van der Waals surface area contributed by atoms with Gasteiger partial charge in [-0.15, -0.1) is 0 Å². The van der Waals surface area contributed by atoms with Gasteiger partial charge in [0.15, 0.2) is 0 Å². The summed E-state index contributed by atoms with van der Waals surface area (Å²) in [6, 6.07) is 18.1. The van der Waals surface area contributed by atoms with Crippen LogP contribution in [0.15, 0.2) is 72.4 Å². The maximum atomic E-state index is 13.5. The van der Waals surface area contributed by atoms with Gasteiger partial charge in [-0.25, -0.2) is 9.29 Å². The van der Waals surface area contributed by atoms with E-state index in [4.69, 9.17) is 4.74 Å². The first-order valence-corrected chi connectivity index (χ1v) is 10.7. The number of anilines is 2. The van der Waals surface area contributed by atoms with Gasteiger partial charge in [0.25, 0.3) is 11.8 Å². The molecule has 0 unspecified atom stereocenters. The number of imide groups is 1. The Balaban J connectivity index is 1.76. The number of hydrogen-bond acceptors (Lipinski definition) is 4. The lowest BCUT2D eigenvalue weighted by molar-refractivity contribution is -0.120. The Bertz CT molecular complexity index is 1250. The van der Waals surface area contributed by atoms with Crippen LogP contribution in [-0.4, -0.2) is 17.9 Å². The summed E-state index contributed by atoms with van der Waals surface area (Å²) in [6.07, 6.45) is 0.00968. The van der Waals surface area contributed by atoms with E-state index in [1.54, 1.807) is 24.3 Å². The van der Waals surface area contributed by atoms with Crippen molar-refractivity contribution >= 4 is 28.8 Å². The van der Waals surface area contributed by atoms with Crippen LogP contribution in [-0.2, 0) is 9.59 Å². The smallest absolute Gasteiger partial charge is 0.282 e. The van der Waals surface area contributed by atoms with E-state index < -0.39 is 11.8 Å². The lowest BCUT2D eigenvalue weighted by Gasteiger charge is -2.17. The molecule has 3 aromatic carbocycles. The average Bonchev–Trinajstić information content (AvgIpc) is 3.01. The van der Waals surface area contributed by atoms with Crippen molar-refractivity contribution in [2.45, 2.75) is 33.8 Å². The fourth-order valence-corrected chi connectivity index (χ4v) is 3.67. The van der Waals surface area contributed by atoms with Crippen LogP contribution in [0.5, 0.6) is 5.75 Å². The predicted molar refractivity (Wildman–Crippen MR) is 128 cm³/mol. The van der Waals surface area contributed by atoms with E-state index in [0.29, 0.717) is 22.7 Å². The molecule has 0 aromatic heterocycles. The number of nitrogens with zero attached hydrogens (tertiary/aromatic N) is 1. The summed E-state index contributed by atoms with van der Waals surface area (Å²) in [6.45, 7) is 7.79. The van der Waals surface area contributed by atoms with Gasteiger partial charge in [-0.2, -0.15) is 0 Å². The van der Waals surface area contributed by atoms with Gasteiger partial charge in [0, 0.05) is 5.69 Å². The second kappa shape index (κ2) is 8.90. The average molecular weight is 445 g/mol. The Kier molecular flexibility index (Phi) is 6.01. The molecule has 1 aliphatic heterocycles. The second-order valence-electron chi connectivity index (χ2n) is 8.29. The molecule has 0 fully saturated rings. The summed E-state index contributed by atoms with van der Waals surface area (Å²) in [5.74, 6) is -0.636. The molecule has 0 atom stereocenters. The van der Waals surface area contributed by atoms with E-state index in [2.05, 4.69) is 5.32 Å². The second-order valence-corrected chi connectivity index (χ2v) is 8.29. The number of rotatable bonds is 6. The van der Waals surface area contributed by atoms with E-state index >= 15 is 0 Å². The van der Waals surface area contributed by atoms with Gasteiger partial charge in [-0.3, -0.25) is 9.59 Å². The molecule has 3 aromatic rings. The zero-order valence-electron chi connectivity index (χ0n) is 19.0. The molecule has 6 heteroatoms. The Morgan fingerprint density at radius 3 is 2.12 bits per heavy atom. The van der Waals surface area contributed by atoms with Crippen molar-refractivity contribution < 1.29 is 18.7 Å². The number of halogens is 1. The van der Waals surface area contributed by atoms with Crippen molar-refractivity contribution in [1.82, 2.24) is 0 Å². The standard InChI is InChI=1S/C27H25FN2O3/c1-16(2)33-23-13-11-22(12-14-23)30-26(31)24(19-6-5-17(3)18(4)15-19)25(27(30)32)29-21-9-7-20(28)8-10-21/h5-16,29H,1-4H3. The third-order valence-electron chi connectivity index (χ3n) is 5.46. The topological polar surface area (TPSA) is 58.6 Å². The monoisotopic (exact) mass is 444 g/mol. The number of hydrogen-bond donors (Lipinski definition) is 1. The molecule has 0 bridgehead atoms. The molecule has 5 nitrogen and oxygen atoms in total. The summed E-state index contributed by atoms with van der Waals surface area (Å²) >= 11 is 0. The lowest BCUT2D eigenvalue weighted by atomic mass is 9.99. The molecule has 4 rings (SSSR count). The zero-order valence-corrected chi connectivity index (χ0v) is 19.0. The third kappa shape index (κ3) is 4.51. The van der Waals surface area contributed by atoms with E-state index in [1.165, 1.54) is 24.3 Å². The molecule has 0 aliphatic carbocycles. The van der Waals surface area contributed by atoms with Gasteiger partial charge >= 0.3 is 0 Å².